The summed E-state index contributed by atoms with van der Waals surface area (Å²) in [6, 6.07) is -1.09. The summed E-state index contributed by atoms with van der Waals surface area (Å²) in [6.07, 6.45) is 0.719. The molecule has 0 aliphatic heterocycles. The lowest BCUT2D eigenvalue weighted by Crippen LogP contribution is -2.51. The SMILES string of the molecule is C=CC[C@H](NC(=O)OC(C)(C)C)C(=O)N(CC(=O)C(=O)OC)C(=C)CO[Si](C)(C)C(C)(C)C. The third kappa shape index (κ3) is 10.3. The van der Waals surface area contributed by atoms with Gasteiger partial charge >= 0.3 is 12.1 Å². The van der Waals surface area contributed by atoms with Crippen molar-refractivity contribution in [1.29, 1.82) is 0 Å². The Hall–Kier alpha value is -2.46. The van der Waals surface area contributed by atoms with Gasteiger partial charge in [0.05, 0.1) is 20.3 Å². The van der Waals surface area contributed by atoms with E-state index < -0.39 is 50.3 Å². The Labute approximate surface area is 198 Å². The van der Waals surface area contributed by atoms with E-state index in [1.807, 2.05) is 13.1 Å². The van der Waals surface area contributed by atoms with Crippen molar-refractivity contribution in [3.8, 4) is 0 Å². The number of amides is 2. The van der Waals surface area contributed by atoms with Gasteiger partial charge in [-0.15, -0.1) is 6.58 Å². The molecule has 0 spiro atoms. The summed E-state index contributed by atoms with van der Waals surface area (Å²) in [7, 11) is -1.12. The number of alkyl carbamates (subject to hydrolysis) is 1. The van der Waals surface area contributed by atoms with Gasteiger partial charge in [0.2, 0.25) is 5.91 Å². The maximum absolute atomic E-state index is 13.3. The van der Waals surface area contributed by atoms with Gasteiger partial charge in [-0.2, -0.15) is 0 Å². The fourth-order valence-electron chi connectivity index (χ4n) is 2.25. The molecule has 10 heteroatoms. The van der Waals surface area contributed by atoms with E-state index in [1.165, 1.54) is 6.08 Å². The van der Waals surface area contributed by atoms with Crippen molar-refractivity contribution >= 4 is 32.1 Å². The highest BCUT2D eigenvalue weighted by molar-refractivity contribution is 6.74. The predicted molar refractivity (Wildman–Crippen MR) is 129 cm³/mol. The molecule has 0 radical (unpaired) electrons. The Balaban J connectivity index is 5.82. The molecule has 0 aromatic heterocycles. The molecule has 0 fully saturated rings. The number of rotatable bonds is 11. The first-order valence-electron chi connectivity index (χ1n) is 10.7. The van der Waals surface area contributed by atoms with Crippen molar-refractivity contribution in [3.05, 3.63) is 24.9 Å². The molecule has 0 aromatic rings. The van der Waals surface area contributed by atoms with Crippen LogP contribution in [0.3, 0.4) is 0 Å². The second-order valence-electron chi connectivity index (χ2n) is 10.2. The number of ketones is 1. The normalized spacial score (nSPS) is 12.9. The molecule has 0 aliphatic carbocycles. The summed E-state index contributed by atoms with van der Waals surface area (Å²) in [4.78, 5) is 50.6. The van der Waals surface area contributed by atoms with Crippen LogP contribution in [0.15, 0.2) is 24.9 Å². The van der Waals surface area contributed by atoms with E-state index in [0.29, 0.717) is 0 Å². The summed E-state index contributed by atoms with van der Waals surface area (Å²) in [5, 5.41) is 2.41. The largest absolute Gasteiger partial charge is 0.463 e. The number of carbonyl (C=O) groups is 4. The molecular formula is C23H40N2O7Si. The molecule has 0 heterocycles. The van der Waals surface area contributed by atoms with Crippen molar-refractivity contribution in [2.24, 2.45) is 0 Å². The van der Waals surface area contributed by atoms with Crippen LogP contribution in [-0.4, -0.2) is 68.9 Å². The van der Waals surface area contributed by atoms with Crippen LogP contribution in [0.25, 0.3) is 0 Å². The number of methoxy groups -OCH3 is 1. The second-order valence-corrected chi connectivity index (χ2v) is 15.0. The molecule has 0 bridgehead atoms. The van der Waals surface area contributed by atoms with Crippen LogP contribution < -0.4 is 5.32 Å². The van der Waals surface area contributed by atoms with E-state index in [4.69, 9.17) is 9.16 Å². The Kier molecular flexibility index (Phi) is 11.2. The molecule has 1 N–H and O–H groups in total. The minimum Gasteiger partial charge on any atom is -0.463 e. The average Bonchev–Trinajstić information content (AvgIpc) is 2.66. The number of nitrogens with one attached hydrogen (secondary N) is 1. The number of ether oxygens (including phenoxy) is 2. The number of esters is 1. The van der Waals surface area contributed by atoms with Crippen molar-refractivity contribution in [2.45, 2.75) is 77.7 Å². The fourth-order valence-corrected chi connectivity index (χ4v) is 3.21. The molecule has 0 saturated carbocycles. The zero-order chi connectivity index (χ0) is 26.2. The van der Waals surface area contributed by atoms with E-state index in [1.54, 1.807) is 20.8 Å². The van der Waals surface area contributed by atoms with E-state index in [9.17, 15) is 19.2 Å². The van der Waals surface area contributed by atoms with Gasteiger partial charge in [-0.3, -0.25) is 9.59 Å². The van der Waals surface area contributed by atoms with Crippen LogP contribution in [0.1, 0.15) is 48.0 Å². The van der Waals surface area contributed by atoms with Gasteiger partial charge in [0.15, 0.2) is 8.32 Å². The molecule has 188 valence electrons. The summed E-state index contributed by atoms with van der Waals surface area (Å²) in [6.45, 7) is 22.3. The lowest BCUT2D eigenvalue weighted by molar-refractivity contribution is -0.152. The Bertz CT molecular complexity index is 764. The van der Waals surface area contributed by atoms with Gasteiger partial charge in [-0.1, -0.05) is 33.4 Å². The smallest absolute Gasteiger partial charge is 0.408 e. The van der Waals surface area contributed by atoms with Crippen LogP contribution in [-0.2, 0) is 28.3 Å². The van der Waals surface area contributed by atoms with Crippen molar-refractivity contribution in [1.82, 2.24) is 10.2 Å². The molecule has 33 heavy (non-hydrogen) atoms. The lowest BCUT2D eigenvalue weighted by atomic mass is 10.1. The first-order valence-corrected chi connectivity index (χ1v) is 13.6. The van der Waals surface area contributed by atoms with Crippen LogP contribution in [0.5, 0.6) is 0 Å². The van der Waals surface area contributed by atoms with E-state index >= 15 is 0 Å². The average molecular weight is 485 g/mol. The van der Waals surface area contributed by atoms with Gasteiger partial charge in [0.1, 0.15) is 11.6 Å². The number of Topliss-reactive ketones (excluding diaryl/α,β-unsaturated/α-hetero) is 1. The Morgan fingerprint density at radius 2 is 1.64 bits per heavy atom. The molecule has 0 saturated heterocycles. The van der Waals surface area contributed by atoms with Crippen LogP contribution in [0.4, 0.5) is 4.79 Å². The second kappa shape index (κ2) is 12.1. The summed E-state index contributed by atoms with van der Waals surface area (Å²) in [5.41, 5.74) is -0.588. The monoisotopic (exact) mass is 484 g/mol. The zero-order valence-electron chi connectivity index (χ0n) is 21.5. The van der Waals surface area contributed by atoms with Crippen LogP contribution in [0.2, 0.25) is 18.1 Å². The van der Waals surface area contributed by atoms with E-state index in [2.05, 4.69) is 44.0 Å². The number of carbonyl (C=O) groups excluding carboxylic acids is 4. The summed E-state index contributed by atoms with van der Waals surface area (Å²) >= 11 is 0. The molecule has 0 aromatic carbocycles. The topological polar surface area (TPSA) is 111 Å². The summed E-state index contributed by atoms with van der Waals surface area (Å²) < 4.78 is 15.8. The van der Waals surface area contributed by atoms with Crippen LogP contribution in [0, 0.1) is 0 Å². The van der Waals surface area contributed by atoms with E-state index in [0.717, 1.165) is 12.0 Å². The predicted octanol–water partition coefficient (Wildman–Crippen LogP) is 3.56. The third-order valence-electron chi connectivity index (χ3n) is 5.16. The number of hydrogen-bond donors (Lipinski definition) is 1. The van der Waals surface area contributed by atoms with Crippen molar-refractivity contribution < 1.29 is 33.1 Å². The number of hydrogen-bond acceptors (Lipinski definition) is 7. The van der Waals surface area contributed by atoms with Gasteiger partial charge in [0, 0.05) is 5.70 Å². The maximum atomic E-state index is 13.3. The van der Waals surface area contributed by atoms with Gasteiger partial charge in [-0.05, 0) is 45.3 Å². The Morgan fingerprint density at radius 1 is 1.09 bits per heavy atom. The van der Waals surface area contributed by atoms with E-state index in [-0.39, 0.29) is 23.8 Å². The molecular weight excluding hydrogens is 444 g/mol. The molecule has 0 rings (SSSR count). The quantitative estimate of drug-likeness (QED) is 0.207. The molecule has 9 nitrogen and oxygen atoms in total. The fraction of sp³-hybridized carbons (Fsp3) is 0.652. The highest BCUT2D eigenvalue weighted by Crippen LogP contribution is 2.36. The summed E-state index contributed by atoms with van der Waals surface area (Å²) in [5.74, 6) is -2.68. The standard InChI is InChI=1S/C23H40N2O7Si/c1-12-13-17(24-21(29)32-22(3,4)5)19(27)25(14-18(26)20(28)30-9)16(2)15-31-33(10,11)23(6,7)8/h12,17H,1-2,13-15H2,3-11H3,(H,24,29)/t17-/m0/s1. The first-order chi connectivity index (χ1) is 14.9. The minimum atomic E-state index is -2.19. The lowest BCUT2D eigenvalue weighted by Gasteiger charge is -2.37. The van der Waals surface area contributed by atoms with Gasteiger partial charge < -0.3 is 24.1 Å². The highest BCUT2D eigenvalue weighted by Gasteiger charge is 2.38. The van der Waals surface area contributed by atoms with Gasteiger partial charge in [0.25, 0.3) is 5.78 Å². The van der Waals surface area contributed by atoms with Crippen molar-refractivity contribution in [2.75, 3.05) is 20.3 Å². The first kappa shape index (κ1) is 30.5. The molecule has 2 amide bonds. The van der Waals surface area contributed by atoms with Crippen molar-refractivity contribution in [3.63, 3.8) is 0 Å². The molecule has 0 aliphatic rings. The van der Waals surface area contributed by atoms with Gasteiger partial charge in [-0.25, -0.2) is 9.59 Å². The zero-order valence-corrected chi connectivity index (χ0v) is 22.5. The maximum Gasteiger partial charge on any atom is 0.408 e. The number of nitrogens with zero attached hydrogens (tertiary/aromatic N) is 1. The molecule has 0 unspecified atom stereocenters. The Morgan fingerprint density at radius 3 is 2.06 bits per heavy atom. The minimum absolute atomic E-state index is 0.0239. The third-order valence-corrected chi connectivity index (χ3v) is 9.64. The molecule has 1 atom stereocenters. The van der Waals surface area contributed by atoms with Crippen LogP contribution >= 0.6 is 0 Å². The highest BCUT2D eigenvalue weighted by atomic mass is 28.4.